The molecule has 0 saturated carbocycles. The molecule has 0 aromatic carbocycles. The molecule has 0 fully saturated rings. The minimum Gasteiger partial charge on any atom is -0.307 e. The summed E-state index contributed by atoms with van der Waals surface area (Å²) in [5, 5.41) is 13.3. The van der Waals surface area contributed by atoms with Gasteiger partial charge in [0.15, 0.2) is 0 Å². The van der Waals surface area contributed by atoms with Crippen molar-refractivity contribution < 1.29 is 0 Å². The number of nitrogens with one attached hydrogen (secondary N) is 2. The molecule has 2 rings (SSSR count). The van der Waals surface area contributed by atoms with Crippen molar-refractivity contribution in [2.75, 3.05) is 6.54 Å². The Kier molecular flexibility index (Phi) is 3.63. The summed E-state index contributed by atoms with van der Waals surface area (Å²) in [5.74, 6) is 0.868. The highest BCUT2D eigenvalue weighted by atomic mass is 32.1. The average molecular weight is 237 g/mol. The number of hydrogen-bond acceptors (Lipinski definition) is 5. The van der Waals surface area contributed by atoms with E-state index in [2.05, 4.69) is 37.8 Å². The molecule has 5 nitrogen and oxygen atoms in total. The predicted octanol–water partition coefficient (Wildman–Crippen LogP) is 1.46. The third kappa shape index (κ3) is 2.65. The normalized spacial score (nSPS) is 12.9. The van der Waals surface area contributed by atoms with Crippen molar-refractivity contribution in [3.8, 4) is 0 Å². The largest absolute Gasteiger partial charge is 0.307 e. The minimum absolute atomic E-state index is 0.161. The number of hydrogen-bond donors (Lipinski definition) is 2. The quantitative estimate of drug-likeness (QED) is 0.826. The van der Waals surface area contributed by atoms with Crippen LogP contribution in [0.5, 0.6) is 0 Å². The second-order valence-corrected chi connectivity index (χ2v) is 4.61. The van der Waals surface area contributed by atoms with E-state index in [4.69, 9.17) is 0 Å². The molecule has 0 radical (unpaired) electrons. The Bertz CT molecular complexity index is 422. The highest BCUT2D eigenvalue weighted by molar-refractivity contribution is 7.09. The third-order valence-corrected chi connectivity index (χ3v) is 3.12. The van der Waals surface area contributed by atoms with E-state index in [-0.39, 0.29) is 6.04 Å². The summed E-state index contributed by atoms with van der Waals surface area (Å²) in [4.78, 5) is 8.64. The van der Waals surface area contributed by atoms with Crippen LogP contribution in [0, 0.1) is 6.92 Å². The van der Waals surface area contributed by atoms with E-state index < -0.39 is 0 Å². The Morgan fingerprint density at radius 1 is 1.56 bits per heavy atom. The van der Waals surface area contributed by atoms with Gasteiger partial charge in [-0.2, -0.15) is 5.10 Å². The maximum atomic E-state index is 4.46. The molecule has 2 heterocycles. The Balaban J connectivity index is 2.09. The van der Waals surface area contributed by atoms with Gasteiger partial charge in [-0.05, 0) is 13.5 Å². The maximum absolute atomic E-state index is 4.46. The zero-order valence-corrected chi connectivity index (χ0v) is 10.2. The smallest absolute Gasteiger partial charge is 0.141 e. The molecule has 0 aliphatic heterocycles. The summed E-state index contributed by atoms with van der Waals surface area (Å²) in [7, 11) is 0. The zero-order chi connectivity index (χ0) is 11.4. The number of aromatic nitrogens is 4. The molecule has 6 heteroatoms. The van der Waals surface area contributed by atoms with Crippen LogP contribution >= 0.6 is 11.3 Å². The van der Waals surface area contributed by atoms with Gasteiger partial charge >= 0.3 is 0 Å². The Labute approximate surface area is 98.3 Å². The molecule has 16 heavy (non-hydrogen) atoms. The number of aromatic amines is 1. The molecule has 0 aliphatic rings. The minimum atomic E-state index is 0.161. The van der Waals surface area contributed by atoms with Crippen LogP contribution in [-0.2, 0) is 6.42 Å². The molecule has 0 aliphatic carbocycles. The Morgan fingerprint density at radius 3 is 3.00 bits per heavy atom. The molecule has 2 N–H and O–H groups in total. The molecule has 0 saturated heterocycles. The van der Waals surface area contributed by atoms with Crippen LogP contribution in [0.4, 0.5) is 0 Å². The van der Waals surface area contributed by atoms with Gasteiger partial charge in [-0.1, -0.05) is 6.92 Å². The molecular weight excluding hydrogens is 222 g/mol. The van der Waals surface area contributed by atoms with E-state index >= 15 is 0 Å². The van der Waals surface area contributed by atoms with Gasteiger partial charge in [0.25, 0.3) is 0 Å². The molecule has 0 spiro atoms. The van der Waals surface area contributed by atoms with E-state index in [0.29, 0.717) is 0 Å². The fourth-order valence-electron chi connectivity index (χ4n) is 1.61. The summed E-state index contributed by atoms with van der Waals surface area (Å²) in [6.07, 6.45) is 2.37. The molecular formula is C10H15N5S. The van der Waals surface area contributed by atoms with Gasteiger partial charge in [0.2, 0.25) is 0 Å². The van der Waals surface area contributed by atoms with Crippen LogP contribution < -0.4 is 5.32 Å². The van der Waals surface area contributed by atoms with Crippen molar-refractivity contribution in [2.45, 2.75) is 26.3 Å². The van der Waals surface area contributed by atoms with Crippen molar-refractivity contribution in [3.05, 3.63) is 28.2 Å². The fourth-order valence-corrected chi connectivity index (χ4v) is 2.23. The molecule has 2 aromatic rings. The van der Waals surface area contributed by atoms with E-state index in [1.807, 2.05) is 6.92 Å². The Hall–Kier alpha value is -1.27. The first-order valence-electron chi connectivity index (χ1n) is 5.29. The highest BCUT2D eigenvalue weighted by Gasteiger charge is 2.15. The Morgan fingerprint density at radius 2 is 2.44 bits per heavy atom. The van der Waals surface area contributed by atoms with Gasteiger partial charge in [0, 0.05) is 11.8 Å². The van der Waals surface area contributed by atoms with E-state index in [9.17, 15) is 0 Å². The van der Waals surface area contributed by atoms with Crippen molar-refractivity contribution in [1.29, 1.82) is 0 Å². The van der Waals surface area contributed by atoms with Gasteiger partial charge in [-0.15, -0.1) is 11.3 Å². The number of nitrogens with zero attached hydrogens (tertiary/aromatic N) is 3. The van der Waals surface area contributed by atoms with Crippen LogP contribution in [0.3, 0.4) is 0 Å². The van der Waals surface area contributed by atoms with Gasteiger partial charge in [0.1, 0.15) is 12.2 Å². The summed E-state index contributed by atoms with van der Waals surface area (Å²) < 4.78 is 0. The third-order valence-electron chi connectivity index (χ3n) is 2.29. The van der Waals surface area contributed by atoms with Crippen LogP contribution in [-0.4, -0.2) is 26.7 Å². The van der Waals surface area contributed by atoms with Crippen LogP contribution in [0.2, 0.25) is 0 Å². The number of thiazole rings is 1. The molecule has 1 atom stereocenters. The molecule has 0 bridgehead atoms. The lowest BCUT2D eigenvalue weighted by Gasteiger charge is -2.13. The average Bonchev–Trinajstić information content (AvgIpc) is 2.88. The van der Waals surface area contributed by atoms with Crippen LogP contribution in [0.1, 0.15) is 29.5 Å². The van der Waals surface area contributed by atoms with Crippen LogP contribution in [0.25, 0.3) is 0 Å². The molecule has 1 unspecified atom stereocenters. The van der Waals surface area contributed by atoms with Gasteiger partial charge in [0.05, 0.1) is 16.7 Å². The number of aryl methyl sites for hydroxylation is 1. The fraction of sp³-hybridized carbons (Fsp3) is 0.500. The van der Waals surface area contributed by atoms with Crippen molar-refractivity contribution in [2.24, 2.45) is 0 Å². The second-order valence-electron chi connectivity index (χ2n) is 3.54. The topological polar surface area (TPSA) is 66.5 Å². The second kappa shape index (κ2) is 5.18. The first-order valence-corrected chi connectivity index (χ1v) is 6.17. The molecule has 2 aromatic heterocycles. The molecule has 0 amide bonds. The maximum Gasteiger partial charge on any atom is 0.141 e. The SMILES string of the molecule is CCNC(Cc1csc(C)n1)c1ncn[nH]1. The lowest BCUT2D eigenvalue weighted by Crippen LogP contribution is -2.24. The molecule has 86 valence electrons. The van der Waals surface area contributed by atoms with Gasteiger partial charge < -0.3 is 5.32 Å². The van der Waals surface area contributed by atoms with Crippen molar-refractivity contribution in [3.63, 3.8) is 0 Å². The van der Waals surface area contributed by atoms with Crippen molar-refractivity contribution >= 4 is 11.3 Å². The zero-order valence-electron chi connectivity index (χ0n) is 9.40. The standard InChI is InChI=1S/C10H15N5S/c1-3-11-9(10-12-6-13-15-10)4-8-5-16-7(2)14-8/h5-6,9,11H,3-4H2,1-2H3,(H,12,13,15). The number of rotatable bonds is 5. The highest BCUT2D eigenvalue weighted by Crippen LogP contribution is 2.16. The first-order chi connectivity index (χ1) is 7.79. The number of H-pyrrole nitrogens is 1. The van der Waals surface area contributed by atoms with Gasteiger partial charge in [-0.25, -0.2) is 9.97 Å². The first kappa shape index (κ1) is 11.2. The van der Waals surface area contributed by atoms with E-state index in [1.165, 1.54) is 6.33 Å². The summed E-state index contributed by atoms with van der Waals surface area (Å²) in [6, 6.07) is 0.161. The monoisotopic (exact) mass is 237 g/mol. The van der Waals surface area contributed by atoms with E-state index in [0.717, 1.165) is 29.5 Å². The van der Waals surface area contributed by atoms with E-state index in [1.54, 1.807) is 11.3 Å². The predicted molar refractivity (Wildman–Crippen MR) is 63.4 cm³/mol. The summed E-state index contributed by atoms with van der Waals surface area (Å²) in [6.45, 7) is 5.00. The lowest BCUT2D eigenvalue weighted by atomic mass is 10.1. The van der Waals surface area contributed by atoms with Gasteiger partial charge in [-0.3, -0.25) is 5.10 Å². The lowest BCUT2D eigenvalue weighted by molar-refractivity contribution is 0.519. The summed E-state index contributed by atoms with van der Waals surface area (Å²) >= 11 is 1.68. The summed E-state index contributed by atoms with van der Waals surface area (Å²) in [5.41, 5.74) is 1.10. The number of likely N-dealkylation sites (N-methyl/N-ethyl adjacent to an activating group) is 1. The van der Waals surface area contributed by atoms with Crippen LogP contribution in [0.15, 0.2) is 11.7 Å². The van der Waals surface area contributed by atoms with Crippen molar-refractivity contribution in [1.82, 2.24) is 25.5 Å².